The first-order valence-electron chi connectivity index (χ1n) is 33.9. The number of benzene rings is 7. The quantitative estimate of drug-likeness (QED) is 0.0483. The number of aromatic nitrogens is 6. The van der Waals surface area contributed by atoms with Gasteiger partial charge in [0.25, 0.3) is 0 Å². The number of pyridine rings is 2. The van der Waals surface area contributed by atoms with Crippen LogP contribution in [0.25, 0.3) is 102 Å². The minimum atomic E-state index is -0.582. The third-order valence-electron chi connectivity index (χ3n) is 16.7. The summed E-state index contributed by atoms with van der Waals surface area (Å²) in [7, 11) is 2.84. The molecule has 2 aliphatic rings. The van der Waals surface area contributed by atoms with Crippen molar-refractivity contribution in [1.82, 2.24) is 29.9 Å². The maximum Gasteiger partial charge on any atom is 0 e. The molecule has 0 spiro atoms. The fourth-order valence-corrected chi connectivity index (χ4v) is 11.7. The van der Waals surface area contributed by atoms with Gasteiger partial charge in [-0.2, -0.15) is 0 Å². The number of aromatic hydroxyl groups is 2. The number of phenolic OH excluding ortho intramolecular Hbond substituents is 2. The Morgan fingerprint density at radius 3 is 1.00 bits per heavy atom. The van der Waals surface area contributed by atoms with Crippen LogP contribution < -0.4 is 47.2 Å². The molecule has 7 heterocycles. The minimum Gasteiger partial charge on any atom is -1.00 e. The van der Waals surface area contributed by atoms with Crippen molar-refractivity contribution in [3.8, 4) is 56.0 Å². The van der Waals surface area contributed by atoms with Crippen molar-refractivity contribution < 1.29 is 146 Å². The minimum absolute atomic E-state index is 0. The zero-order chi connectivity index (χ0) is 76.0. The second kappa shape index (κ2) is 47.8. The first-order chi connectivity index (χ1) is 51.7. The third kappa shape index (κ3) is 26.7. The van der Waals surface area contributed by atoms with Gasteiger partial charge < -0.3 is 77.6 Å². The third-order valence-corrected chi connectivity index (χ3v) is 17.4. The van der Waals surface area contributed by atoms with Crippen molar-refractivity contribution in [2.24, 2.45) is 9.98 Å². The Morgan fingerprint density at radius 2 is 0.735 bits per heavy atom. The molecule has 113 heavy (non-hydrogen) atoms. The first kappa shape index (κ1) is 98.2. The molecule has 14 nitrogen and oxygen atoms in total. The number of carbonyl (C=O) groups is 2. The Labute approximate surface area is 760 Å². The van der Waals surface area contributed by atoms with E-state index in [2.05, 4.69) is 185 Å². The van der Waals surface area contributed by atoms with E-state index >= 15 is 0 Å². The van der Waals surface area contributed by atoms with Gasteiger partial charge in [-0.05, 0) is 147 Å². The van der Waals surface area contributed by atoms with Crippen molar-refractivity contribution in [2.75, 3.05) is 13.1 Å². The first-order valence-corrected chi connectivity index (χ1v) is 38.2. The zero-order valence-corrected chi connectivity index (χ0v) is 76.1. The second-order valence-corrected chi connectivity index (χ2v) is 29.7. The summed E-state index contributed by atoms with van der Waals surface area (Å²) in [6.07, 6.45) is 14.8. The van der Waals surface area contributed by atoms with Crippen molar-refractivity contribution in [3.05, 3.63) is 320 Å². The summed E-state index contributed by atoms with van der Waals surface area (Å²) in [6.45, 7) is 13.3. The van der Waals surface area contributed by atoms with Crippen LogP contribution >= 0.6 is 51.0 Å². The molecule has 2 unspecified atom stereocenters. The Balaban J connectivity index is 0.000000449. The molecule has 14 rings (SSSR count). The van der Waals surface area contributed by atoms with Gasteiger partial charge in [0.05, 0.1) is 57.3 Å². The monoisotopic (exact) mass is 2390 g/mol. The van der Waals surface area contributed by atoms with Crippen LogP contribution in [0.4, 0.5) is 11.4 Å². The predicted molar refractivity (Wildman–Crippen MR) is 449 cm³/mol. The Hall–Kier alpha value is -7.12. The van der Waals surface area contributed by atoms with E-state index in [9.17, 15) is 19.8 Å². The van der Waals surface area contributed by atoms with Crippen molar-refractivity contribution in [2.45, 2.75) is 59.8 Å². The standard InChI is InChI=1S/C44H28N4.C26H28Cl2N4O2.C16H16N2O2.CH4.4Au.ClH3P2.3ClH.H/c1-5-13-29(14-6-1)41-33-21-23-35(45-33)42(30-15-7-2-8-16-30)37-25-27-39(47-37)44(32-19-11-4-12-20-32)40-28-26-38(48-40)43(31-17-9-3-10-18-31)36-24-22-34(41)46-36;1-25(2,3)15-7-9-29-21(11-15)23(33)31-19-13-17(27)18(28)14-20(19)32-24(34)22-12-16(8-10-30-22)26(4,5)6;19-15-7-3-1-5-13(15)11-17-9-10-18-12-14-6-2-4-8-16(14)20;;;;;;1-3-2;;;;/h1-28H;7-14H,1-6H3,(H2,29,30,31,32,33,34);1-8,11-12,19-20H,9-10H2;1H4;;;;;3H,2H2;3*1H;/q-2;;;;;;;;;;;;/p-5/i;;;;;;;;;;;;1+2. The van der Waals surface area contributed by atoms with Crippen LogP contribution in [0.2, 0.25) is 10.0 Å². The largest absolute Gasteiger partial charge is 1.00 e. The number of rotatable bonds is 13. The summed E-state index contributed by atoms with van der Waals surface area (Å²) in [5.74, 6) is -0.731. The van der Waals surface area contributed by atoms with Gasteiger partial charge in [-0.1, -0.05) is 274 Å². The summed E-state index contributed by atoms with van der Waals surface area (Å²) in [5, 5.41) is 27.7. The maximum atomic E-state index is 12.9. The molecule has 0 fully saturated rings. The van der Waals surface area contributed by atoms with Gasteiger partial charge in [0, 0.05) is 103 Å². The van der Waals surface area contributed by atoms with Gasteiger partial charge in [0.1, 0.15) is 23.3 Å². The smallest absolute Gasteiger partial charge is 0 e. The molecule has 7 aromatic carbocycles. The molecular formula is C87H78Au4Cl6N10O4P2-7. The molecular weight excluding hydrogens is 2310 g/mol. The van der Waals surface area contributed by atoms with E-state index in [-0.39, 0.29) is 167 Å². The average Bonchev–Trinajstić information content (AvgIpc) is 1.61. The van der Waals surface area contributed by atoms with E-state index < -0.39 is 11.8 Å². The number of carbonyl (C=O) groups excluding carboxylic acids is 2. The molecule has 2 amide bonds. The summed E-state index contributed by atoms with van der Waals surface area (Å²) >= 11 is 18.9. The molecule has 2 N–H and O–H groups in total. The van der Waals surface area contributed by atoms with Crippen molar-refractivity contribution >= 4 is 133 Å². The van der Waals surface area contributed by atoms with Crippen LogP contribution in [-0.4, -0.2) is 68.2 Å². The number of amides is 2. The zero-order valence-electron chi connectivity index (χ0n) is 61.7. The van der Waals surface area contributed by atoms with E-state index in [4.69, 9.17) is 55.1 Å². The molecule has 8 bridgehead atoms. The van der Waals surface area contributed by atoms with Crippen LogP contribution in [0.15, 0.2) is 253 Å². The number of phenols is 2. The molecule has 26 heteroatoms. The van der Waals surface area contributed by atoms with E-state index in [1.54, 1.807) is 73.4 Å². The van der Waals surface area contributed by atoms with Crippen LogP contribution in [0.5, 0.6) is 11.5 Å². The molecule has 0 saturated heterocycles. The van der Waals surface area contributed by atoms with Gasteiger partial charge in [-0.3, -0.25) is 20.0 Å². The molecule has 12 aromatic rings. The van der Waals surface area contributed by atoms with E-state index in [1.165, 1.54) is 34.3 Å². The number of hydrogen-bond donors (Lipinski definition) is 2. The SMILES string of the molecule is C.C1=Cc2nc1c(-c1ccccc1)c1ccc([n-]1)c(-c1ccccc1)c1nc(c(-c3ccccc3)c3ccc([n-]3)c2-c2ccccc2)C=C1.CC(C)(C)c1ccnc(C(=O)[N-]c2cc(Cl)c(Cl)cc2[N-]C(=O)c2cc(C(C)(C)C)ccn2)c1.Oc1ccccc1C=NCCN=Cc1ccccc1O.PPCl.[3H][Au].[Au].[Au].[Au].[Cl-].[Cl-].[Cl-]. The summed E-state index contributed by atoms with van der Waals surface area (Å²) in [4.78, 5) is 63.7. The summed E-state index contributed by atoms with van der Waals surface area (Å²) < 4.78 is 5.69. The Bertz CT molecular complexity index is 4930. The second-order valence-electron chi connectivity index (χ2n) is 26.1. The molecule has 603 valence electrons. The summed E-state index contributed by atoms with van der Waals surface area (Å²) in [6, 6.07) is 74.0. The van der Waals surface area contributed by atoms with Gasteiger partial charge in [-0.25, -0.2) is 9.97 Å². The van der Waals surface area contributed by atoms with Gasteiger partial charge in [0.15, 0.2) is 0 Å². The van der Waals surface area contributed by atoms with Gasteiger partial charge >= 0.3 is 22.9 Å². The van der Waals surface area contributed by atoms with Crippen LogP contribution in [-0.2, 0) is 100 Å². The maximum absolute atomic E-state index is 12.9. The van der Waals surface area contributed by atoms with E-state index in [0.29, 0.717) is 31.8 Å². The van der Waals surface area contributed by atoms with Crippen LogP contribution in [0, 0.1) is 0 Å². The molecule has 0 saturated carbocycles. The number of aliphatic imine (C=N–C) groups is 2. The number of fused-ring (bicyclic) bond motifs is 8. The predicted octanol–water partition coefficient (Wildman–Crippen LogP) is 14.3. The molecule has 5 aromatic heterocycles. The number of halogens is 6. The van der Waals surface area contributed by atoms with Crippen LogP contribution in [0.1, 0.15) is 115 Å². The Morgan fingerprint density at radius 1 is 0.469 bits per heavy atom. The van der Waals surface area contributed by atoms with E-state index in [1.807, 2.05) is 90.1 Å². The van der Waals surface area contributed by atoms with Gasteiger partial charge in [0.2, 0.25) is 0 Å². The Kier molecular flexibility index (Phi) is 41.6. The molecule has 2 atom stereocenters. The van der Waals surface area contributed by atoms with Crippen LogP contribution in [0.3, 0.4) is 0 Å². The number of para-hydroxylation sites is 2. The summed E-state index contributed by atoms with van der Waals surface area (Å²) in [5.41, 5.74) is 18.5. The number of nitrogens with zero attached hydrogens (tertiary/aromatic N) is 10. The average molecular weight is 2390 g/mol. The van der Waals surface area contributed by atoms with E-state index in [0.717, 1.165) is 100 Å². The molecule has 0 aliphatic carbocycles. The van der Waals surface area contributed by atoms with Crippen molar-refractivity contribution in [3.63, 3.8) is 0 Å². The molecule has 3 radical (unpaired) electrons. The normalized spacial score (nSPS) is 11.0. The fraction of sp³-hybridized carbons (Fsp3) is 0.126. The van der Waals surface area contributed by atoms with Gasteiger partial charge in [-0.15, -0.1) is 33.4 Å². The van der Waals surface area contributed by atoms with Crippen molar-refractivity contribution in [1.29, 1.82) is 0.680 Å². The topological polar surface area (TPSA) is 207 Å². The molecule has 2 aliphatic heterocycles. The fourth-order valence-electron chi connectivity index (χ4n) is 11.4. The number of hydrogen-bond acceptors (Lipinski definition) is 10.